The van der Waals surface area contributed by atoms with Crippen LogP contribution < -0.4 is 0 Å². The van der Waals surface area contributed by atoms with E-state index in [0.717, 1.165) is 19.6 Å². The summed E-state index contributed by atoms with van der Waals surface area (Å²) in [4.78, 5) is 7.22. The van der Waals surface area contributed by atoms with Crippen molar-refractivity contribution in [3.05, 3.63) is 71.3 Å². The highest BCUT2D eigenvalue weighted by Crippen LogP contribution is 2.42. The van der Waals surface area contributed by atoms with Crippen molar-refractivity contribution in [1.82, 2.24) is 4.90 Å². The molecule has 1 unspecified atom stereocenters. The summed E-state index contributed by atoms with van der Waals surface area (Å²) >= 11 is 1.91. The van der Waals surface area contributed by atoms with Crippen LogP contribution in [0.3, 0.4) is 0 Å². The van der Waals surface area contributed by atoms with Gasteiger partial charge in [0, 0.05) is 19.6 Å². The van der Waals surface area contributed by atoms with Gasteiger partial charge in [0.15, 0.2) is 5.17 Å². The van der Waals surface area contributed by atoms with Crippen molar-refractivity contribution in [2.45, 2.75) is 18.2 Å². The quantitative estimate of drug-likeness (QED) is 0.764. The SMILES string of the molecule is Cl.c1ccc(C2SC3=NCCCN3Cc3ccccc32)cc1. The molecule has 0 fully saturated rings. The predicted octanol–water partition coefficient (Wildman–Crippen LogP) is 4.51. The second-order valence-electron chi connectivity index (χ2n) is 5.55. The average molecular weight is 331 g/mol. The standard InChI is InChI=1S/C18H18N2S.ClH/c1-2-7-14(8-3-1)17-16-10-5-4-9-15(16)13-20-12-6-11-19-18(20)21-17;/h1-5,7-10,17H,6,11-13H2;1H. The molecule has 0 aromatic heterocycles. The molecule has 2 aromatic rings. The van der Waals surface area contributed by atoms with Crippen LogP contribution in [0.25, 0.3) is 0 Å². The van der Waals surface area contributed by atoms with Crippen molar-refractivity contribution in [3.8, 4) is 0 Å². The van der Waals surface area contributed by atoms with Crippen LogP contribution in [0.15, 0.2) is 59.6 Å². The Hall–Kier alpha value is -1.45. The van der Waals surface area contributed by atoms with Crippen LogP contribution in [0, 0.1) is 0 Å². The molecule has 2 aliphatic heterocycles. The molecule has 22 heavy (non-hydrogen) atoms. The Kier molecular flexibility index (Phi) is 4.74. The minimum Gasteiger partial charge on any atom is -0.347 e. The summed E-state index contributed by atoms with van der Waals surface area (Å²) in [5.74, 6) is 0. The molecule has 2 aromatic carbocycles. The minimum absolute atomic E-state index is 0. The second-order valence-corrected chi connectivity index (χ2v) is 6.62. The Morgan fingerprint density at radius 2 is 1.77 bits per heavy atom. The minimum atomic E-state index is 0. The molecular formula is C18H19ClN2S. The van der Waals surface area contributed by atoms with E-state index < -0.39 is 0 Å². The van der Waals surface area contributed by atoms with Crippen molar-refractivity contribution < 1.29 is 0 Å². The summed E-state index contributed by atoms with van der Waals surface area (Å²) in [5.41, 5.74) is 4.24. The summed E-state index contributed by atoms with van der Waals surface area (Å²) in [6.45, 7) is 3.09. The number of halogens is 1. The van der Waals surface area contributed by atoms with Gasteiger partial charge in [0.05, 0.1) is 5.25 Å². The number of fused-ring (bicyclic) bond motifs is 2. The van der Waals surface area contributed by atoms with Crippen LogP contribution in [0.4, 0.5) is 0 Å². The van der Waals surface area contributed by atoms with Gasteiger partial charge in [-0.05, 0) is 23.1 Å². The average Bonchev–Trinajstić information content (AvgIpc) is 2.72. The summed E-state index contributed by atoms with van der Waals surface area (Å²) in [6, 6.07) is 19.7. The fourth-order valence-corrected chi connectivity index (χ4v) is 4.41. The molecule has 4 heteroatoms. The Morgan fingerprint density at radius 1 is 1.00 bits per heavy atom. The molecule has 0 aliphatic carbocycles. The smallest absolute Gasteiger partial charge is 0.160 e. The first-order valence-corrected chi connectivity index (χ1v) is 8.38. The number of hydrogen-bond acceptors (Lipinski definition) is 3. The van der Waals surface area contributed by atoms with E-state index in [-0.39, 0.29) is 12.4 Å². The molecule has 4 rings (SSSR count). The zero-order valence-corrected chi connectivity index (χ0v) is 13.9. The molecule has 0 N–H and O–H groups in total. The maximum atomic E-state index is 4.78. The molecule has 0 amide bonds. The van der Waals surface area contributed by atoms with Gasteiger partial charge in [-0.1, -0.05) is 66.4 Å². The van der Waals surface area contributed by atoms with E-state index >= 15 is 0 Å². The maximum Gasteiger partial charge on any atom is 0.160 e. The lowest BCUT2D eigenvalue weighted by Gasteiger charge is -2.27. The van der Waals surface area contributed by atoms with Crippen molar-refractivity contribution in [2.75, 3.05) is 13.1 Å². The third-order valence-electron chi connectivity index (χ3n) is 4.13. The summed E-state index contributed by atoms with van der Waals surface area (Å²) in [7, 11) is 0. The molecule has 2 heterocycles. The van der Waals surface area contributed by atoms with Gasteiger partial charge in [-0.3, -0.25) is 4.99 Å². The highest BCUT2D eigenvalue weighted by atomic mass is 35.5. The van der Waals surface area contributed by atoms with E-state index in [0.29, 0.717) is 5.25 Å². The van der Waals surface area contributed by atoms with Gasteiger partial charge in [-0.2, -0.15) is 0 Å². The lowest BCUT2D eigenvalue weighted by molar-refractivity contribution is 0.397. The molecule has 0 saturated heterocycles. The highest BCUT2D eigenvalue weighted by Gasteiger charge is 2.28. The molecular weight excluding hydrogens is 312 g/mol. The monoisotopic (exact) mass is 330 g/mol. The third kappa shape index (κ3) is 2.88. The summed E-state index contributed by atoms with van der Waals surface area (Å²) in [5, 5.41) is 1.57. The van der Waals surface area contributed by atoms with Gasteiger partial charge in [-0.25, -0.2) is 0 Å². The maximum absolute atomic E-state index is 4.78. The van der Waals surface area contributed by atoms with E-state index in [1.165, 1.54) is 28.3 Å². The zero-order chi connectivity index (χ0) is 14.1. The van der Waals surface area contributed by atoms with Gasteiger partial charge < -0.3 is 4.90 Å². The number of rotatable bonds is 1. The Balaban J connectivity index is 0.00000144. The Labute approximate surface area is 142 Å². The van der Waals surface area contributed by atoms with Crippen LogP contribution in [0.2, 0.25) is 0 Å². The Bertz CT molecular complexity index is 672. The molecule has 0 bridgehead atoms. The summed E-state index contributed by atoms with van der Waals surface area (Å²) < 4.78 is 0. The summed E-state index contributed by atoms with van der Waals surface area (Å²) in [6.07, 6.45) is 1.17. The highest BCUT2D eigenvalue weighted by molar-refractivity contribution is 8.14. The molecule has 2 aliphatic rings. The molecule has 114 valence electrons. The molecule has 1 atom stereocenters. The first-order chi connectivity index (χ1) is 10.4. The lowest BCUT2D eigenvalue weighted by Crippen LogP contribution is -2.32. The second kappa shape index (κ2) is 6.76. The van der Waals surface area contributed by atoms with E-state index in [4.69, 9.17) is 4.99 Å². The van der Waals surface area contributed by atoms with Crippen molar-refractivity contribution in [2.24, 2.45) is 4.99 Å². The number of hydrogen-bond donors (Lipinski definition) is 0. The van der Waals surface area contributed by atoms with Crippen LogP contribution >= 0.6 is 24.2 Å². The van der Waals surface area contributed by atoms with E-state index in [1.807, 2.05) is 11.8 Å². The lowest BCUT2D eigenvalue weighted by atomic mass is 9.99. The Morgan fingerprint density at radius 3 is 2.64 bits per heavy atom. The largest absolute Gasteiger partial charge is 0.347 e. The van der Waals surface area contributed by atoms with Crippen molar-refractivity contribution in [3.63, 3.8) is 0 Å². The molecule has 0 saturated carbocycles. The van der Waals surface area contributed by atoms with Crippen molar-refractivity contribution in [1.29, 1.82) is 0 Å². The molecule has 0 spiro atoms. The van der Waals surface area contributed by atoms with Gasteiger partial charge in [0.1, 0.15) is 0 Å². The third-order valence-corrected chi connectivity index (χ3v) is 5.49. The fraction of sp³-hybridized carbons (Fsp3) is 0.278. The molecule has 0 radical (unpaired) electrons. The topological polar surface area (TPSA) is 15.6 Å². The van der Waals surface area contributed by atoms with Crippen LogP contribution in [-0.4, -0.2) is 23.2 Å². The number of aliphatic imine (C=N–C) groups is 1. The number of amidine groups is 1. The fourth-order valence-electron chi connectivity index (χ4n) is 3.07. The number of nitrogens with zero attached hydrogens (tertiary/aromatic N) is 2. The van der Waals surface area contributed by atoms with Gasteiger partial charge in [0.2, 0.25) is 0 Å². The van der Waals surface area contributed by atoms with E-state index in [2.05, 4.69) is 59.5 Å². The first kappa shape index (κ1) is 15.4. The van der Waals surface area contributed by atoms with Crippen LogP contribution in [-0.2, 0) is 6.54 Å². The molecule has 2 nitrogen and oxygen atoms in total. The zero-order valence-electron chi connectivity index (χ0n) is 12.3. The van der Waals surface area contributed by atoms with Gasteiger partial charge in [0.25, 0.3) is 0 Å². The first-order valence-electron chi connectivity index (χ1n) is 7.50. The van der Waals surface area contributed by atoms with Gasteiger partial charge >= 0.3 is 0 Å². The van der Waals surface area contributed by atoms with Gasteiger partial charge in [-0.15, -0.1) is 12.4 Å². The predicted molar refractivity (Wildman–Crippen MR) is 96.9 cm³/mol. The van der Waals surface area contributed by atoms with Crippen LogP contribution in [0.1, 0.15) is 28.4 Å². The number of thioether (sulfide) groups is 1. The van der Waals surface area contributed by atoms with E-state index in [9.17, 15) is 0 Å². The normalized spacial score (nSPS) is 20.1. The van der Waals surface area contributed by atoms with E-state index in [1.54, 1.807) is 0 Å². The van der Waals surface area contributed by atoms with Crippen molar-refractivity contribution >= 4 is 29.3 Å². The van der Waals surface area contributed by atoms with Crippen LogP contribution in [0.5, 0.6) is 0 Å². The number of benzene rings is 2.